The molecule has 2 heterocycles. The van der Waals surface area contributed by atoms with E-state index in [1.165, 1.54) is 11.3 Å². The first kappa shape index (κ1) is 32.5. The number of aromatic amines is 1. The molecule has 2 N–H and O–H groups in total. The maximum Gasteiger partial charge on any atom is 0.573 e. The second kappa shape index (κ2) is 13.9. The van der Waals surface area contributed by atoms with Crippen molar-refractivity contribution in [3.05, 3.63) is 60.3 Å². The number of amides is 1. The number of rotatable bonds is 13. The number of unbranched alkanes of at least 4 members (excludes halogenated alkanes) is 1. The van der Waals surface area contributed by atoms with Crippen LogP contribution in [-0.2, 0) is 16.0 Å². The number of aromatic nitrogens is 3. The van der Waals surface area contributed by atoms with Crippen molar-refractivity contribution in [2.75, 3.05) is 31.6 Å². The van der Waals surface area contributed by atoms with Crippen LogP contribution in [0.3, 0.4) is 0 Å². The molecule has 0 saturated heterocycles. The SMILES string of the molecule is CC(C)(C)OC(=O)N(CCCCOCCNc1cc(-c2cnco2)cc2[nH]ncc12)Cc1cc(F)c(OC(F)(F)F)c(F)c1. The Morgan fingerprint density at radius 2 is 1.80 bits per heavy atom. The van der Waals surface area contributed by atoms with Crippen molar-refractivity contribution in [2.45, 2.75) is 52.1 Å². The van der Waals surface area contributed by atoms with Gasteiger partial charge in [0.15, 0.2) is 23.8 Å². The third kappa shape index (κ3) is 9.30. The van der Waals surface area contributed by atoms with Crippen molar-refractivity contribution in [3.8, 4) is 17.1 Å². The molecule has 0 aliphatic carbocycles. The van der Waals surface area contributed by atoms with Gasteiger partial charge in [-0.25, -0.2) is 18.6 Å². The van der Waals surface area contributed by atoms with Gasteiger partial charge in [0.25, 0.3) is 0 Å². The van der Waals surface area contributed by atoms with Gasteiger partial charge in [-0.2, -0.15) is 5.10 Å². The highest BCUT2D eigenvalue weighted by Gasteiger charge is 2.34. The minimum Gasteiger partial charge on any atom is -0.444 e. The predicted octanol–water partition coefficient (Wildman–Crippen LogP) is 7.04. The minimum atomic E-state index is -5.26. The molecule has 0 aliphatic heterocycles. The fraction of sp³-hybridized carbons (Fsp3) is 0.414. The van der Waals surface area contributed by atoms with Gasteiger partial charge in [-0.3, -0.25) is 5.10 Å². The van der Waals surface area contributed by atoms with Gasteiger partial charge in [0.05, 0.1) is 24.5 Å². The number of ether oxygens (including phenoxy) is 3. The molecule has 2 aromatic carbocycles. The predicted molar refractivity (Wildman–Crippen MR) is 150 cm³/mol. The van der Waals surface area contributed by atoms with Crippen LogP contribution >= 0.6 is 0 Å². The first-order valence-corrected chi connectivity index (χ1v) is 13.7. The lowest BCUT2D eigenvalue weighted by Crippen LogP contribution is -2.37. The van der Waals surface area contributed by atoms with Crippen molar-refractivity contribution in [2.24, 2.45) is 0 Å². The number of alkyl halides is 3. The Hall–Kier alpha value is -4.40. The number of anilines is 1. The summed E-state index contributed by atoms with van der Waals surface area (Å²) in [6.07, 6.45) is -0.305. The second-order valence-corrected chi connectivity index (χ2v) is 10.8. The molecule has 0 spiro atoms. The number of H-pyrrole nitrogens is 1. The first-order chi connectivity index (χ1) is 20.8. The van der Waals surface area contributed by atoms with Crippen LogP contribution in [0.15, 0.2) is 47.5 Å². The zero-order valence-electron chi connectivity index (χ0n) is 24.3. The summed E-state index contributed by atoms with van der Waals surface area (Å²) >= 11 is 0. The fourth-order valence-corrected chi connectivity index (χ4v) is 4.26. The van der Waals surface area contributed by atoms with Gasteiger partial charge in [-0.15, -0.1) is 13.2 Å². The molecule has 238 valence electrons. The quantitative estimate of drug-likeness (QED) is 0.120. The van der Waals surface area contributed by atoms with Crippen molar-refractivity contribution < 1.29 is 45.4 Å². The highest BCUT2D eigenvalue weighted by Crippen LogP contribution is 2.31. The Morgan fingerprint density at radius 3 is 2.45 bits per heavy atom. The van der Waals surface area contributed by atoms with Crippen LogP contribution in [0, 0.1) is 11.6 Å². The van der Waals surface area contributed by atoms with E-state index in [4.69, 9.17) is 13.9 Å². The molecule has 0 aliphatic rings. The third-order valence-corrected chi connectivity index (χ3v) is 6.11. The fourth-order valence-electron chi connectivity index (χ4n) is 4.26. The summed E-state index contributed by atoms with van der Waals surface area (Å²) in [5.74, 6) is -4.03. The van der Waals surface area contributed by atoms with E-state index in [1.54, 1.807) is 33.2 Å². The van der Waals surface area contributed by atoms with Crippen molar-refractivity contribution >= 4 is 22.7 Å². The maximum atomic E-state index is 14.2. The van der Waals surface area contributed by atoms with Gasteiger partial charge in [0.2, 0.25) is 5.75 Å². The molecule has 0 atom stereocenters. The Morgan fingerprint density at radius 1 is 1.05 bits per heavy atom. The average molecular weight is 626 g/mol. The van der Waals surface area contributed by atoms with E-state index in [0.717, 1.165) is 22.2 Å². The van der Waals surface area contributed by atoms with Crippen LogP contribution in [0.1, 0.15) is 39.2 Å². The number of halogens is 5. The molecule has 0 fully saturated rings. The standard InChI is InChI=1S/C29H32F5N5O5/c1-28(2,3)44-27(40)39(16-18-10-21(30)26(22(31)11-18)43-29(32,33)34)7-4-5-8-41-9-6-36-23-12-19(25-15-35-17-42-25)13-24-20(23)14-37-38-24/h10-15,17,36H,4-9,16H2,1-3H3,(H,37,38). The highest BCUT2D eigenvalue weighted by molar-refractivity contribution is 5.94. The number of carbonyl (C=O) groups is 1. The summed E-state index contributed by atoms with van der Waals surface area (Å²) in [5.41, 5.74) is 1.58. The van der Waals surface area contributed by atoms with E-state index in [1.807, 2.05) is 12.1 Å². The van der Waals surface area contributed by atoms with Gasteiger partial charge in [-0.1, -0.05) is 0 Å². The summed E-state index contributed by atoms with van der Waals surface area (Å²) in [6.45, 7) is 6.08. The number of benzene rings is 2. The average Bonchev–Trinajstić information content (AvgIpc) is 3.62. The molecule has 44 heavy (non-hydrogen) atoms. The lowest BCUT2D eigenvalue weighted by Gasteiger charge is -2.27. The Kier molecular flexibility index (Phi) is 10.3. The Balaban J connectivity index is 1.27. The topological polar surface area (TPSA) is 115 Å². The maximum absolute atomic E-state index is 14.2. The molecule has 15 heteroatoms. The number of carbonyl (C=O) groups excluding carboxylic acids is 1. The van der Waals surface area contributed by atoms with Crippen molar-refractivity contribution in [1.82, 2.24) is 20.1 Å². The lowest BCUT2D eigenvalue weighted by molar-refractivity contribution is -0.276. The van der Waals surface area contributed by atoms with E-state index in [9.17, 15) is 26.7 Å². The van der Waals surface area contributed by atoms with E-state index in [0.29, 0.717) is 50.5 Å². The molecule has 2 aromatic heterocycles. The van der Waals surface area contributed by atoms with Gasteiger partial charge in [0, 0.05) is 42.9 Å². The van der Waals surface area contributed by atoms with Crippen LogP contribution in [0.4, 0.5) is 32.4 Å². The Labute approximate surface area is 249 Å². The minimum absolute atomic E-state index is 0.0678. The van der Waals surface area contributed by atoms with Gasteiger partial charge >= 0.3 is 12.5 Å². The van der Waals surface area contributed by atoms with E-state index < -0.39 is 35.4 Å². The number of nitrogens with one attached hydrogen (secondary N) is 2. The molecule has 4 aromatic rings. The van der Waals surface area contributed by atoms with E-state index in [-0.39, 0.29) is 18.7 Å². The normalized spacial score (nSPS) is 12.0. The molecule has 1 amide bonds. The number of nitrogens with zero attached hydrogens (tertiary/aromatic N) is 3. The number of hydrogen-bond acceptors (Lipinski definition) is 8. The van der Waals surface area contributed by atoms with E-state index >= 15 is 0 Å². The van der Waals surface area contributed by atoms with Crippen LogP contribution in [0.5, 0.6) is 5.75 Å². The molecule has 0 unspecified atom stereocenters. The van der Waals surface area contributed by atoms with Crippen LogP contribution in [0.25, 0.3) is 22.2 Å². The van der Waals surface area contributed by atoms with Gasteiger partial charge in [0.1, 0.15) is 5.60 Å². The summed E-state index contributed by atoms with van der Waals surface area (Å²) in [5, 5.41) is 11.3. The molecule has 4 rings (SSSR count). The summed E-state index contributed by atoms with van der Waals surface area (Å²) in [4.78, 5) is 18.0. The second-order valence-electron chi connectivity index (χ2n) is 10.8. The van der Waals surface area contributed by atoms with Gasteiger partial charge in [-0.05, 0) is 63.4 Å². The summed E-state index contributed by atoms with van der Waals surface area (Å²) in [6, 6.07) is 5.22. The Bertz CT molecular complexity index is 1510. The number of oxazole rings is 1. The van der Waals surface area contributed by atoms with Crippen molar-refractivity contribution in [3.63, 3.8) is 0 Å². The highest BCUT2D eigenvalue weighted by atomic mass is 19.4. The van der Waals surface area contributed by atoms with Crippen LogP contribution < -0.4 is 10.1 Å². The third-order valence-electron chi connectivity index (χ3n) is 6.11. The molecule has 0 radical (unpaired) electrons. The summed E-state index contributed by atoms with van der Waals surface area (Å²) < 4.78 is 85.9. The number of fused-ring (bicyclic) bond motifs is 1. The lowest BCUT2D eigenvalue weighted by atomic mass is 10.1. The molecule has 10 nitrogen and oxygen atoms in total. The molecular weight excluding hydrogens is 593 g/mol. The van der Waals surface area contributed by atoms with Crippen LogP contribution in [0.2, 0.25) is 0 Å². The summed E-state index contributed by atoms with van der Waals surface area (Å²) in [7, 11) is 0. The van der Waals surface area contributed by atoms with Gasteiger partial charge < -0.3 is 28.8 Å². The smallest absolute Gasteiger partial charge is 0.444 e. The monoisotopic (exact) mass is 625 g/mol. The first-order valence-electron chi connectivity index (χ1n) is 13.7. The molecule has 0 bridgehead atoms. The van der Waals surface area contributed by atoms with E-state index in [2.05, 4.69) is 25.2 Å². The molecular formula is C29H32F5N5O5. The van der Waals surface area contributed by atoms with Crippen LogP contribution in [-0.4, -0.2) is 64.4 Å². The zero-order valence-corrected chi connectivity index (χ0v) is 24.3. The number of hydrogen-bond donors (Lipinski definition) is 2. The zero-order chi connectivity index (χ0) is 31.9. The van der Waals surface area contributed by atoms with Crippen molar-refractivity contribution in [1.29, 1.82) is 0 Å². The molecule has 0 saturated carbocycles. The largest absolute Gasteiger partial charge is 0.573 e.